The summed E-state index contributed by atoms with van der Waals surface area (Å²) in [7, 11) is 0. The topological polar surface area (TPSA) is 60.7 Å². The largest absolute Gasteiger partial charge is 1.00 e. The minimum Gasteiger partial charge on any atom is -1.00 e. The summed E-state index contributed by atoms with van der Waals surface area (Å²) in [6.07, 6.45) is -4.21. The van der Waals surface area contributed by atoms with Gasteiger partial charge in [0.05, 0.1) is 28.6 Å². The van der Waals surface area contributed by atoms with Gasteiger partial charge in [0.1, 0.15) is 18.1 Å². The van der Waals surface area contributed by atoms with Crippen molar-refractivity contribution >= 4 is 28.5 Å². The smallest absolute Gasteiger partial charge is 1.00 e. The van der Waals surface area contributed by atoms with Crippen molar-refractivity contribution < 1.29 is 63.5 Å². The molecule has 1 N–H and O–H groups in total. The predicted octanol–water partition coefficient (Wildman–Crippen LogP) is 3.76. The zero-order chi connectivity index (χ0) is 23.9. The van der Waals surface area contributed by atoms with Crippen molar-refractivity contribution in [2.45, 2.75) is 58.0 Å². The molecule has 0 saturated carbocycles. The summed E-state index contributed by atoms with van der Waals surface area (Å²) in [5, 5.41) is 10.4. The van der Waals surface area contributed by atoms with Crippen LogP contribution in [0.4, 0.5) is 13.2 Å². The van der Waals surface area contributed by atoms with Gasteiger partial charge >= 0.3 is 41.7 Å². The summed E-state index contributed by atoms with van der Waals surface area (Å²) in [6.45, 7) is 3.95. The van der Waals surface area contributed by atoms with Crippen LogP contribution < -0.4 is 39.0 Å². The second kappa shape index (κ2) is 10.4. The van der Waals surface area contributed by atoms with Gasteiger partial charge in [0.15, 0.2) is 0 Å². The fraction of sp³-hybridized carbons (Fsp3) is 0.375. The number of carboxylic acid groups (broad SMARTS) is 1. The molecule has 178 valence electrons. The van der Waals surface area contributed by atoms with Gasteiger partial charge in [-0.3, -0.25) is 4.79 Å². The van der Waals surface area contributed by atoms with Crippen molar-refractivity contribution in [1.29, 1.82) is 0 Å². The summed E-state index contributed by atoms with van der Waals surface area (Å²) < 4.78 is 53.5. The van der Waals surface area contributed by atoms with Gasteiger partial charge in [0, 0.05) is 23.5 Å². The first-order chi connectivity index (χ1) is 15.5. The van der Waals surface area contributed by atoms with Crippen LogP contribution >= 0.6 is 11.6 Å². The van der Waals surface area contributed by atoms with Crippen molar-refractivity contribution in [3.63, 3.8) is 0 Å². The van der Waals surface area contributed by atoms with Gasteiger partial charge in [0.2, 0.25) is 0 Å². The first kappa shape index (κ1) is 26.7. The summed E-state index contributed by atoms with van der Waals surface area (Å²) in [5.41, 5.74) is 1.20. The Hall–Kier alpha value is -1.87. The minimum atomic E-state index is -4.55. The number of aliphatic carboxylic acids is 1. The zero-order valence-corrected chi connectivity index (χ0v) is 21.8. The Morgan fingerprint density at radius 2 is 2.00 bits per heavy atom. The second-order valence-electron chi connectivity index (χ2n) is 8.40. The normalized spacial score (nSPS) is 15.3. The number of fused-ring (bicyclic) bond motifs is 3. The molecule has 0 fully saturated rings. The van der Waals surface area contributed by atoms with Crippen molar-refractivity contribution in [2.24, 2.45) is 0 Å². The molecule has 2 heterocycles. The van der Waals surface area contributed by atoms with Gasteiger partial charge in [-0.2, -0.15) is 13.2 Å². The molecule has 0 saturated heterocycles. The number of benzene rings is 2. The Kier molecular flexibility index (Phi) is 8.18. The Bertz CT molecular complexity index is 1220. The summed E-state index contributed by atoms with van der Waals surface area (Å²) in [5.74, 6) is -0.783. The summed E-state index contributed by atoms with van der Waals surface area (Å²) >= 11 is 6.59. The van der Waals surface area contributed by atoms with Crippen LogP contribution in [0.15, 0.2) is 36.4 Å². The van der Waals surface area contributed by atoms with Crippen LogP contribution in [0.3, 0.4) is 0 Å². The zero-order valence-electron chi connectivity index (χ0n) is 20.1. The first-order valence-corrected chi connectivity index (χ1v) is 11.0. The molecule has 2 aromatic carbocycles. The number of aromatic nitrogens is 1. The van der Waals surface area contributed by atoms with E-state index in [4.69, 9.17) is 26.2 Å². The van der Waals surface area contributed by atoms with Crippen LogP contribution in [0.5, 0.6) is 11.5 Å². The molecular formula is C24H24ClF3NNaO4. The van der Waals surface area contributed by atoms with Crippen LogP contribution in [0.1, 0.15) is 50.9 Å². The van der Waals surface area contributed by atoms with Crippen LogP contribution in [-0.2, 0) is 24.1 Å². The number of hydrogen-bond donors (Lipinski definition) is 1. The van der Waals surface area contributed by atoms with Crippen LogP contribution in [0.2, 0.25) is 5.02 Å². The number of hydrogen-bond acceptors (Lipinski definition) is 3. The van der Waals surface area contributed by atoms with E-state index in [1.807, 2.05) is 10.6 Å². The molecule has 3 aromatic rings. The molecule has 0 spiro atoms. The summed E-state index contributed by atoms with van der Waals surface area (Å²) in [6, 6.07) is 9.19. The average molecular weight is 506 g/mol. The fourth-order valence-corrected chi connectivity index (χ4v) is 4.69. The predicted molar refractivity (Wildman–Crippen MR) is 119 cm³/mol. The van der Waals surface area contributed by atoms with Crippen molar-refractivity contribution in [3.8, 4) is 11.5 Å². The number of carbonyl (C=O) groups is 1. The van der Waals surface area contributed by atoms with Gasteiger partial charge in [-0.15, -0.1) is 0 Å². The van der Waals surface area contributed by atoms with Crippen LogP contribution in [-0.4, -0.2) is 21.7 Å². The molecule has 1 unspecified atom stereocenters. The number of halogens is 4. The van der Waals surface area contributed by atoms with E-state index in [1.165, 1.54) is 6.07 Å². The molecule has 10 heteroatoms. The molecule has 4 rings (SSSR count). The molecule has 5 nitrogen and oxygen atoms in total. The fourth-order valence-electron chi connectivity index (χ4n) is 4.29. The first-order valence-electron chi connectivity index (χ1n) is 10.6. The molecule has 0 radical (unpaired) electrons. The Morgan fingerprint density at radius 3 is 2.65 bits per heavy atom. The number of alkyl halides is 3. The van der Waals surface area contributed by atoms with Gasteiger partial charge < -0.3 is 20.6 Å². The molecule has 1 aliphatic rings. The molecular weight excluding hydrogens is 482 g/mol. The number of ether oxygens (including phenoxy) is 2. The van der Waals surface area contributed by atoms with E-state index < -0.39 is 17.7 Å². The van der Waals surface area contributed by atoms with E-state index >= 15 is 0 Å². The molecule has 1 aliphatic heterocycles. The average Bonchev–Trinajstić information content (AvgIpc) is 3.25. The van der Waals surface area contributed by atoms with E-state index in [1.54, 1.807) is 32.0 Å². The quantitative estimate of drug-likeness (QED) is 0.497. The Labute approximate surface area is 223 Å². The number of carboxylic acids is 1. The van der Waals surface area contributed by atoms with Gasteiger partial charge in [-0.05, 0) is 56.2 Å². The van der Waals surface area contributed by atoms with Crippen molar-refractivity contribution in [1.82, 2.24) is 4.57 Å². The Morgan fingerprint density at radius 1 is 1.26 bits per heavy atom. The SMILES string of the molecule is CC(C)Oc1ccc(COc2ccc3c(c2)c(Cl)c2n3CCC2CC(=O)O)cc1C(F)(F)F.[H-].[Na+]. The van der Waals surface area contributed by atoms with E-state index in [2.05, 4.69) is 0 Å². The monoisotopic (exact) mass is 505 g/mol. The third-order valence-electron chi connectivity index (χ3n) is 5.64. The van der Waals surface area contributed by atoms with Crippen molar-refractivity contribution in [3.05, 3.63) is 58.2 Å². The molecule has 0 aliphatic carbocycles. The maximum atomic E-state index is 13.5. The van der Waals surface area contributed by atoms with Crippen LogP contribution in [0, 0.1) is 0 Å². The number of aryl methyl sites for hydroxylation is 1. The molecule has 34 heavy (non-hydrogen) atoms. The summed E-state index contributed by atoms with van der Waals surface area (Å²) in [4.78, 5) is 11.2. The third kappa shape index (κ3) is 5.51. The Balaban J connectivity index is 0.00000216. The molecule has 0 amide bonds. The second-order valence-corrected chi connectivity index (χ2v) is 8.77. The molecule has 1 aromatic heterocycles. The standard InChI is InChI=1S/C24H23ClF3NO4.Na.H/c1-13(2)33-20-6-3-14(9-18(20)24(26,27)28)12-32-16-4-5-19-17(11-16)22(25)23-15(10-21(30)31)7-8-29(19)23;;/h3-6,9,11,13,15H,7-8,10,12H2,1-2H3,(H,30,31);;/q;+1;-1. The number of rotatable bonds is 7. The molecule has 1 atom stereocenters. The van der Waals surface area contributed by atoms with Gasteiger partial charge in [0.25, 0.3) is 0 Å². The minimum absolute atomic E-state index is 0. The van der Waals surface area contributed by atoms with Crippen molar-refractivity contribution in [2.75, 3.05) is 0 Å². The van der Waals surface area contributed by atoms with Gasteiger partial charge in [-0.25, -0.2) is 0 Å². The van der Waals surface area contributed by atoms with E-state index in [0.29, 0.717) is 29.3 Å². The van der Waals surface area contributed by atoms with Gasteiger partial charge in [-0.1, -0.05) is 17.7 Å². The molecule has 0 bridgehead atoms. The van der Waals surface area contributed by atoms with E-state index in [0.717, 1.165) is 22.7 Å². The van der Waals surface area contributed by atoms with E-state index in [-0.39, 0.29) is 61.8 Å². The maximum absolute atomic E-state index is 13.5. The number of nitrogens with zero attached hydrogens (tertiary/aromatic N) is 1. The van der Waals surface area contributed by atoms with Crippen LogP contribution in [0.25, 0.3) is 10.9 Å². The third-order valence-corrected chi connectivity index (χ3v) is 6.03. The van der Waals surface area contributed by atoms with E-state index in [9.17, 15) is 18.0 Å². The maximum Gasteiger partial charge on any atom is 1.00 e.